The highest BCUT2D eigenvalue weighted by Gasteiger charge is 2.33. The van der Waals surface area contributed by atoms with Crippen LogP contribution >= 0.6 is 0 Å². The Morgan fingerprint density at radius 1 is 1.11 bits per heavy atom. The quantitative estimate of drug-likeness (QED) is 0.450. The van der Waals surface area contributed by atoms with Crippen LogP contribution in [0.2, 0.25) is 0 Å². The van der Waals surface area contributed by atoms with E-state index in [0.29, 0.717) is 36.6 Å². The number of aromatic nitrogens is 2. The third-order valence-corrected chi connectivity index (χ3v) is 6.22. The number of halogens is 3. The Bertz CT molecular complexity index is 1150. The topological polar surface area (TPSA) is 73.3 Å². The van der Waals surface area contributed by atoms with Crippen LogP contribution in [-0.4, -0.2) is 51.7 Å². The van der Waals surface area contributed by atoms with Crippen molar-refractivity contribution in [1.29, 1.82) is 0 Å². The molecular weight excluding hydrogens is 455 g/mol. The first-order chi connectivity index (χ1) is 16.7. The molecule has 1 saturated heterocycles. The van der Waals surface area contributed by atoms with Crippen LogP contribution in [0.15, 0.2) is 54.7 Å². The fraction of sp³-hybridized carbons (Fsp3) is 0.385. The van der Waals surface area contributed by atoms with Crippen molar-refractivity contribution < 1.29 is 18.3 Å². The van der Waals surface area contributed by atoms with Crippen LogP contribution in [0.5, 0.6) is 5.75 Å². The fourth-order valence-corrected chi connectivity index (χ4v) is 4.27. The number of phenols is 1. The third kappa shape index (κ3) is 6.49. The molecule has 6 nitrogen and oxygen atoms in total. The summed E-state index contributed by atoms with van der Waals surface area (Å²) in [6.45, 7) is 7.62. The molecule has 35 heavy (non-hydrogen) atoms. The van der Waals surface area contributed by atoms with Crippen molar-refractivity contribution >= 4 is 5.95 Å². The van der Waals surface area contributed by atoms with E-state index in [1.807, 2.05) is 18.2 Å². The predicted molar refractivity (Wildman–Crippen MR) is 130 cm³/mol. The van der Waals surface area contributed by atoms with Crippen molar-refractivity contribution in [3.8, 4) is 17.0 Å². The molecule has 0 spiro atoms. The van der Waals surface area contributed by atoms with Crippen molar-refractivity contribution in [3.63, 3.8) is 0 Å². The summed E-state index contributed by atoms with van der Waals surface area (Å²) in [5.41, 5.74) is 2.40. The molecule has 0 bridgehead atoms. The second kappa shape index (κ2) is 10.6. The van der Waals surface area contributed by atoms with E-state index in [4.69, 9.17) is 0 Å². The highest BCUT2D eigenvalue weighted by Crippen LogP contribution is 2.36. The highest BCUT2D eigenvalue weighted by atomic mass is 19.4. The Labute approximate surface area is 203 Å². The second-order valence-corrected chi connectivity index (χ2v) is 9.08. The normalized spacial score (nSPS) is 19.0. The molecule has 1 aliphatic rings. The summed E-state index contributed by atoms with van der Waals surface area (Å²) in [6.07, 6.45) is -2.60. The molecular formula is C26H30F3N5O. The van der Waals surface area contributed by atoms with Gasteiger partial charge in [0.1, 0.15) is 5.75 Å². The Hall–Kier alpha value is -3.17. The molecule has 0 saturated carbocycles. The molecule has 2 heterocycles. The van der Waals surface area contributed by atoms with Crippen molar-refractivity contribution in [2.45, 2.75) is 45.1 Å². The lowest BCUT2D eigenvalue weighted by molar-refractivity contribution is -0.138. The van der Waals surface area contributed by atoms with Crippen LogP contribution in [-0.2, 0) is 19.1 Å². The first-order valence-electron chi connectivity index (χ1n) is 11.7. The number of alkyl halides is 3. The fourth-order valence-electron chi connectivity index (χ4n) is 4.27. The van der Waals surface area contributed by atoms with Gasteiger partial charge >= 0.3 is 6.18 Å². The molecule has 3 N–H and O–H groups in total. The molecule has 4 rings (SSSR count). The molecule has 1 aromatic heterocycles. The molecule has 1 aliphatic heterocycles. The van der Waals surface area contributed by atoms with Crippen LogP contribution in [0.3, 0.4) is 0 Å². The first-order valence-corrected chi connectivity index (χ1v) is 11.7. The van der Waals surface area contributed by atoms with E-state index in [1.165, 1.54) is 11.6 Å². The SMILES string of the molecule is C[C@H]1CN(Cc2cccc(-c3ccnc(NCCc4ccc(O)c(C(F)(F)F)c4)n3)c2)[C@@H](C)CN1. The zero-order valence-electron chi connectivity index (χ0n) is 19.8. The molecule has 0 amide bonds. The number of phenolic OH excluding ortho intramolecular Hbond substituents is 1. The van der Waals surface area contributed by atoms with Gasteiger partial charge in [0, 0.05) is 50.0 Å². The van der Waals surface area contributed by atoms with Crippen LogP contribution in [0.4, 0.5) is 19.1 Å². The van der Waals surface area contributed by atoms with Crippen molar-refractivity contribution in [2.75, 3.05) is 25.0 Å². The number of rotatable bonds is 7. The van der Waals surface area contributed by atoms with Gasteiger partial charge in [-0.1, -0.05) is 24.3 Å². The van der Waals surface area contributed by atoms with Gasteiger partial charge in [0.2, 0.25) is 5.95 Å². The van der Waals surface area contributed by atoms with Crippen molar-refractivity contribution in [1.82, 2.24) is 20.2 Å². The van der Waals surface area contributed by atoms with Crippen LogP contribution in [0, 0.1) is 0 Å². The Balaban J connectivity index is 1.40. The van der Waals surface area contributed by atoms with Gasteiger partial charge in [-0.05, 0) is 55.7 Å². The molecule has 2 aromatic carbocycles. The number of piperazine rings is 1. The van der Waals surface area contributed by atoms with Crippen LogP contribution in [0.25, 0.3) is 11.3 Å². The number of nitrogens with zero attached hydrogens (tertiary/aromatic N) is 3. The zero-order chi connectivity index (χ0) is 25.0. The van der Waals surface area contributed by atoms with Crippen molar-refractivity contribution in [2.24, 2.45) is 0 Å². The number of nitrogens with one attached hydrogen (secondary N) is 2. The van der Waals surface area contributed by atoms with Gasteiger partial charge in [0.25, 0.3) is 0 Å². The van der Waals surface area contributed by atoms with Crippen molar-refractivity contribution in [3.05, 3.63) is 71.4 Å². The molecule has 2 atom stereocenters. The monoisotopic (exact) mass is 485 g/mol. The predicted octanol–water partition coefficient (Wildman–Crippen LogP) is 4.70. The minimum absolute atomic E-state index is 0.327. The third-order valence-electron chi connectivity index (χ3n) is 6.22. The smallest absolute Gasteiger partial charge is 0.419 e. The van der Waals surface area contributed by atoms with Crippen LogP contribution in [0.1, 0.15) is 30.5 Å². The van der Waals surface area contributed by atoms with Gasteiger partial charge in [-0.2, -0.15) is 13.2 Å². The average molecular weight is 486 g/mol. The number of hydrogen-bond donors (Lipinski definition) is 3. The molecule has 3 aromatic rings. The maximum absolute atomic E-state index is 13.0. The van der Waals surface area contributed by atoms with E-state index in [-0.39, 0.29) is 0 Å². The Morgan fingerprint density at radius 3 is 2.74 bits per heavy atom. The lowest BCUT2D eigenvalue weighted by atomic mass is 10.1. The molecule has 1 fully saturated rings. The van der Waals surface area contributed by atoms with Crippen LogP contribution < -0.4 is 10.6 Å². The number of anilines is 1. The van der Waals surface area contributed by atoms with Gasteiger partial charge in [0.05, 0.1) is 11.3 Å². The van der Waals surface area contributed by atoms with E-state index in [0.717, 1.165) is 43.0 Å². The molecule has 0 aliphatic carbocycles. The summed E-state index contributed by atoms with van der Waals surface area (Å²) < 4.78 is 39.0. The Morgan fingerprint density at radius 2 is 1.94 bits per heavy atom. The lowest BCUT2D eigenvalue weighted by Crippen LogP contribution is -2.53. The summed E-state index contributed by atoms with van der Waals surface area (Å²) >= 11 is 0. The van der Waals surface area contributed by atoms with E-state index in [9.17, 15) is 18.3 Å². The summed E-state index contributed by atoms with van der Waals surface area (Å²) in [6, 6.07) is 14.6. The number of benzene rings is 2. The van der Waals surface area contributed by atoms with E-state index in [1.54, 1.807) is 6.20 Å². The molecule has 186 valence electrons. The summed E-state index contributed by atoms with van der Waals surface area (Å²) in [7, 11) is 0. The average Bonchev–Trinajstić information content (AvgIpc) is 2.82. The molecule has 0 radical (unpaired) electrons. The first kappa shape index (κ1) is 24.9. The number of aromatic hydroxyl groups is 1. The maximum Gasteiger partial charge on any atom is 0.419 e. The minimum Gasteiger partial charge on any atom is -0.507 e. The van der Waals surface area contributed by atoms with Gasteiger partial charge in [-0.3, -0.25) is 4.90 Å². The molecule has 9 heteroatoms. The van der Waals surface area contributed by atoms with E-state index < -0.39 is 17.5 Å². The second-order valence-electron chi connectivity index (χ2n) is 9.08. The number of hydrogen-bond acceptors (Lipinski definition) is 6. The van der Waals surface area contributed by atoms with Gasteiger partial charge < -0.3 is 15.7 Å². The summed E-state index contributed by atoms with van der Waals surface area (Å²) in [4.78, 5) is 11.3. The van der Waals surface area contributed by atoms with Gasteiger partial charge in [0.15, 0.2) is 0 Å². The largest absolute Gasteiger partial charge is 0.507 e. The van der Waals surface area contributed by atoms with E-state index in [2.05, 4.69) is 51.5 Å². The standard InChI is InChI=1S/C26H30F3N5O/c1-17-15-34(18(2)14-32-17)16-20-4-3-5-21(12-20)23-9-11-31-25(33-23)30-10-8-19-6-7-24(35)22(13-19)26(27,28)29/h3-7,9,11-13,17-18,32,35H,8,10,14-16H2,1-2H3,(H,30,31,33)/t17-,18-/m0/s1. The lowest BCUT2D eigenvalue weighted by Gasteiger charge is -2.37. The molecule has 0 unspecified atom stereocenters. The minimum atomic E-state index is -4.60. The summed E-state index contributed by atoms with van der Waals surface area (Å²) in [5, 5.41) is 16.1. The van der Waals surface area contributed by atoms with Gasteiger partial charge in [-0.15, -0.1) is 0 Å². The maximum atomic E-state index is 13.0. The van der Waals surface area contributed by atoms with E-state index >= 15 is 0 Å². The zero-order valence-corrected chi connectivity index (χ0v) is 19.8. The Kier molecular flexibility index (Phi) is 7.57. The van der Waals surface area contributed by atoms with Gasteiger partial charge in [-0.25, -0.2) is 9.97 Å². The highest BCUT2D eigenvalue weighted by molar-refractivity contribution is 5.61. The summed E-state index contributed by atoms with van der Waals surface area (Å²) in [5.74, 6) is -0.360.